The summed E-state index contributed by atoms with van der Waals surface area (Å²) in [5, 5.41) is 0. The number of methoxy groups -OCH3 is 1. The van der Waals surface area contributed by atoms with Crippen LogP contribution in [-0.4, -0.2) is 70.5 Å². The van der Waals surface area contributed by atoms with Gasteiger partial charge in [-0.25, -0.2) is 8.42 Å². The Kier molecular flexibility index (Phi) is 6.99. The largest absolute Gasteiger partial charge is 0.497 e. The first-order chi connectivity index (χ1) is 14.3. The highest BCUT2D eigenvalue weighted by Crippen LogP contribution is 2.27. The van der Waals surface area contributed by atoms with Crippen molar-refractivity contribution in [3.8, 4) is 5.75 Å². The van der Waals surface area contributed by atoms with E-state index in [9.17, 15) is 13.2 Å². The van der Waals surface area contributed by atoms with Crippen LogP contribution in [0.2, 0.25) is 0 Å². The highest BCUT2D eigenvalue weighted by atomic mass is 32.2. The molecule has 1 fully saturated rings. The number of likely N-dealkylation sites (N-methyl/N-ethyl adjacent to an activating group) is 1. The van der Waals surface area contributed by atoms with Crippen molar-refractivity contribution in [2.75, 3.05) is 50.7 Å². The third-order valence-electron chi connectivity index (χ3n) is 5.40. The van der Waals surface area contributed by atoms with Crippen LogP contribution in [0.15, 0.2) is 53.4 Å². The topological polar surface area (TPSA) is 70.2 Å². The van der Waals surface area contributed by atoms with Crippen molar-refractivity contribution in [2.24, 2.45) is 0 Å². The summed E-state index contributed by atoms with van der Waals surface area (Å²) in [6.07, 6.45) is 0. The van der Waals surface area contributed by atoms with Crippen LogP contribution < -0.4 is 9.04 Å². The summed E-state index contributed by atoms with van der Waals surface area (Å²) in [6, 6.07) is 13.4. The highest BCUT2D eigenvalue weighted by molar-refractivity contribution is 7.92. The number of anilines is 1. The van der Waals surface area contributed by atoms with E-state index in [2.05, 4.69) is 11.8 Å². The van der Waals surface area contributed by atoms with Gasteiger partial charge < -0.3 is 14.5 Å². The Morgan fingerprint density at radius 3 is 2.33 bits per heavy atom. The normalized spacial score (nSPS) is 15.1. The summed E-state index contributed by atoms with van der Waals surface area (Å²) in [6.45, 7) is 7.48. The van der Waals surface area contributed by atoms with Crippen molar-refractivity contribution in [3.63, 3.8) is 0 Å². The van der Waals surface area contributed by atoms with Crippen molar-refractivity contribution in [3.05, 3.63) is 54.1 Å². The molecule has 0 atom stereocenters. The number of sulfonamides is 1. The molecule has 2 aromatic carbocycles. The lowest BCUT2D eigenvalue weighted by atomic mass is 10.2. The maximum Gasteiger partial charge on any atom is 0.264 e. The minimum Gasteiger partial charge on any atom is -0.497 e. The minimum absolute atomic E-state index is 0.152. The molecule has 162 valence electrons. The second kappa shape index (κ2) is 9.49. The summed E-state index contributed by atoms with van der Waals surface area (Å²) in [4.78, 5) is 17.2. The van der Waals surface area contributed by atoms with E-state index >= 15 is 0 Å². The molecule has 1 saturated heterocycles. The van der Waals surface area contributed by atoms with Crippen molar-refractivity contribution >= 4 is 21.6 Å². The number of benzene rings is 2. The second-order valence-electron chi connectivity index (χ2n) is 7.34. The Hall–Kier alpha value is -2.58. The van der Waals surface area contributed by atoms with Gasteiger partial charge in [-0.3, -0.25) is 9.10 Å². The van der Waals surface area contributed by atoms with Gasteiger partial charge in [-0.05, 0) is 37.7 Å². The van der Waals surface area contributed by atoms with Crippen molar-refractivity contribution in [1.29, 1.82) is 0 Å². The Morgan fingerprint density at radius 1 is 1.07 bits per heavy atom. The molecule has 2 aromatic rings. The number of hydrogen-bond donors (Lipinski definition) is 0. The van der Waals surface area contributed by atoms with Crippen molar-refractivity contribution in [2.45, 2.75) is 18.7 Å². The van der Waals surface area contributed by atoms with Gasteiger partial charge in [0.05, 0.1) is 17.7 Å². The summed E-state index contributed by atoms with van der Waals surface area (Å²) in [7, 11) is -2.40. The van der Waals surface area contributed by atoms with Gasteiger partial charge in [0.2, 0.25) is 5.91 Å². The lowest BCUT2D eigenvalue weighted by molar-refractivity contribution is -0.131. The fraction of sp³-hybridized carbons (Fsp3) is 0.409. The van der Waals surface area contributed by atoms with E-state index < -0.39 is 10.0 Å². The maximum absolute atomic E-state index is 13.5. The zero-order valence-corrected chi connectivity index (χ0v) is 18.6. The quantitative estimate of drug-likeness (QED) is 0.673. The molecule has 7 nitrogen and oxygen atoms in total. The molecule has 8 heteroatoms. The molecular weight excluding hydrogens is 402 g/mol. The molecule has 0 radical (unpaired) electrons. The smallest absolute Gasteiger partial charge is 0.264 e. The van der Waals surface area contributed by atoms with E-state index in [0.29, 0.717) is 24.5 Å². The minimum atomic E-state index is -3.93. The molecule has 0 aliphatic carbocycles. The lowest BCUT2D eigenvalue weighted by Crippen LogP contribution is -2.51. The van der Waals surface area contributed by atoms with Gasteiger partial charge in [-0.1, -0.05) is 30.7 Å². The Labute approximate surface area is 178 Å². The van der Waals surface area contributed by atoms with E-state index in [0.717, 1.165) is 25.2 Å². The van der Waals surface area contributed by atoms with Gasteiger partial charge >= 0.3 is 0 Å². The van der Waals surface area contributed by atoms with Gasteiger partial charge in [0, 0.05) is 32.2 Å². The Morgan fingerprint density at radius 2 is 1.73 bits per heavy atom. The Balaban J connectivity index is 1.91. The lowest BCUT2D eigenvalue weighted by Gasteiger charge is -2.35. The highest BCUT2D eigenvalue weighted by Gasteiger charge is 2.30. The van der Waals surface area contributed by atoms with Gasteiger partial charge in [0.15, 0.2) is 0 Å². The van der Waals surface area contributed by atoms with E-state index in [1.807, 2.05) is 6.92 Å². The van der Waals surface area contributed by atoms with Gasteiger partial charge in [-0.2, -0.15) is 0 Å². The van der Waals surface area contributed by atoms with Crippen LogP contribution in [0.1, 0.15) is 12.5 Å². The van der Waals surface area contributed by atoms with Crippen LogP contribution in [0.4, 0.5) is 5.69 Å². The molecular formula is C22H29N3O4S. The molecule has 1 aliphatic rings. The number of rotatable bonds is 7. The summed E-state index contributed by atoms with van der Waals surface area (Å²) < 4.78 is 33.4. The standard InChI is InChI=1S/C22H29N3O4S/c1-4-23-12-14-24(15-13-23)22(26)17-25(19-6-5-7-20(16-19)29-3)30(27,28)21-10-8-18(2)9-11-21/h5-11,16H,4,12-15,17H2,1-3H3. The summed E-state index contributed by atoms with van der Waals surface area (Å²) >= 11 is 0. The summed E-state index contributed by atoms with van der Waals surface area (Å²) in [5.74, 6) is 0.324. The number of piperazine rings is 1. The van der Waals surface area contributed by atoms with Crippen LogP contribution in [-0.2, 0) is 14.8 Å². The van der Waals surface area contributed by atoms with Crippen LogP contribution in [0.3, 0.4) is 0 Å². The van der Waals surface area contributed by atoms with Crippen molar-refractivity contribution in [1.82, 2.24) is 9.80 Å². The van der Waals surface area contributed by atoms with Gasteiger partial charge in [0.25, 0.3) is 10.0 Å². The number of carbonyl (C=O) groups is 1. The van der Waals surface area contributed by atoms with E-state index in [1.54, 1.807) is 53.4 Å². The molecule has 30 heavy (non-hydrogen) atoms. The molecule has 1 amide bonds. The van der Waals surface area contributed by atoms with Crippen LogP contribution in [0.25, 0.3) is 0 Å². The summed E-state index contributed by atoms with van der Waals surface area (Å²) in [5.41, 5.74) is 1.36. The number of carbonyl (C=O) groups excluding carboxylic acids is 1. The fourth-order valence-corrected chi connectivity index (χ4v) is 4.86. The number of amides is 1. The molecule has 1 heterocycles. The molecule has 1 aliphatic heterocycles. The van der Waals surface area contributed by atoms with Crippen LogP contribution in [0, 0.1) is 6.92 Å². The number of aryl methyl sites for hydroxylation is 1. The molecule has 0 bridgehead atoms. The first kappa shape index (κ1) is 22.1. The van der Waals surface area contributed by atoms with Gasteiger partial charge in [0.1, 0.15) is 12.3 Å². The average Bonchev–Trinajstić information content (AvgIpc) is 2.77. The predicted molar refractivity (Wildman–Crippen MR) is 117 cm³/mol. The van der Waals surface area contributed by atoms with Crippen molar-refractivity contribution < 1.29 is 17.9 Å². The zero-order chi connectivity index (χ0) is 21.7. The van der Waals surface area contributed by atoms with E-state index in [1.165, 1.54) is 11.4 Å². The molecule has 3 rings (SSSR count). The predicted octanol–water partition coefficient (Wildman–Crippen LogP) is 2.36. The molecule has 0 unspecified atom stereocenters. The van der Waals surface area contributed by atoms with E-state index in [4.69, 9.17) is 4.74 Å². The average molecular weight is 432 g/mol. The zero-order valence-electron chi connectivity index (χ0n) is 17.7. The molecule has 0 N–H and O–H groups in total. The number of hydrogen-bond acceptors (Lipinski definition) is 5. The third-order valence-corrected chi connectivity index (χ3v) is 7.19. The first-order valence-corrected chi connectivity index (χ1v) is 11.5. The fourth-order valence-electron chi connectivity index (χ4n) is 3.45. The Bertz CT molecular complexity index is 968. The van der Waals surface area contributed by atoms with E-state index in [-0.39, 0.29) is 17.3 Å². The second-order valence-corrected chi connectivity index (χ2v) is 9.20. The maximum atomic E-state index is 13.5. The molecule has 0 spiro atoms. The number of nitrogens with zero attached hydrogens (tertiary/aromatic N) is 3. The van der Waals surface area contributed by atoms with Gasteiger partial charge in [-0.15, -0.1) is 0 Å². The first-order valence-electron chi connectivity index (χ1n) is 10.1. The van der Waals surface area contributed by atoms with Crippen LogP contribution in [0.5, 0.6) is 5.75 Å². The molecule has 0 saturated carbocycles. The third kappa shape index (κ3) is 4.94. The monoisotopic (exact) mass is 431 g/mol. The van der Waals surface area contributed by atoms with Crippen LogP contribution >= 0.6 is 0 Å². The number of ether oxygens (including phenoxy) is 1. The SMILES string of the molecule is CCN1CCN(C(=O)CN(c2cccc(OC)c2)S(=O)(=O)c2ccc(C)cc2)CC1. The molecule has 0 aromatic heterocycles.